The molecule has 3 aromatic carbocycles. The van der Waals surface area contributed by atoms with Crippen molar-refractivity contribution >= 4 is 46.4 Å². The van der Waals surface area contributed by atoms with Crippen molar-refractivity contribution in [2.24, 2.45) is 0 Å². The van der Waals surface area contributed by atoms with Crippen molar-refractivity contribution in [3.63, 3.8) is 0 Å². The molecule has 0 unspecified atom stereocenters. The van der Waals surface area contributed by atoms with Crippen LogP contribution in [0.5, 0.6) is 0 Å². The van der Waals surface area contributed by atoms with Crippen LogP contribution in [0, 0.1) is 0 Å². The van der Waals surface area contributed by atoms with Crippen LogP contribution in [0.4, 0.5) is 0 Å². The van der Waals surface area contributed by atoms with Crippen LogP contribution >= 0.6 is 0 Å². The average Bonchev–Trinajstić information content (AvgIpc) is 3.29. The number of hydrogen-bond donors (Lipinski definition) is 0. The third-order valence-corrected chi connectivity index (χ3v) is 6.84. The van der Waals surface area contributed by atoms with Gasteiger partial charge in [0, 0.05) is 0 Å². The molecule has 146 valence electrons. The molecule has 31 heavy (non-hydrogen) atoms. The second-order valence-electron chi connectivity index (χ2n) is 8.29. The van der Waals surface area contributed by atoms with Gasteiger partial charge in [0.15, 0.2) is 0 Å². The summed E-state index contributed by atoms with van der Waals surface area (Å²) in [5.41, 5.74) is 13.0. The monoisotopic (exact) mass is 394 g/mol. The summed E-state index contributed by atoms with van der Waals surface area (Å²) in [6.07, 6.45) is 5.95. The lowest BCUT2D eigenvalue weighted by molar-refractivity contribution is 1.64. The first-order chi connectivity index (χ1) is 15.2. The molecule has 2 aliphatic heterocycles. The zero-order valence-corrected chi connectivity index (χ0v) is 17.9. The maximum atomic E-state index is 4.11. The SMILES string of the molecule is C=CC1=C(C=C)c2ccccc2B1c1ccc(B2C(C)=C(C=C)c3ccccc32)cc1. The first-order valence-corrected chi connectivity index (χ1v) is 10.8. The van der Waals surface area contributed by atoms with Crippen molar-refractivity contribution in [2.45, 2.75) is 6.92 Å². The highest BCUT2D eigenvalue weighted by Crippen LogP contribution is 2.29. The van der Waals surface area contributed by atoms with Gasteiger partial charge in [0.2, 0.25) is 13.4 Å². The molecule has 5 rings (SSSR count). The van der Waals surface area contributed by atoms with Gasteiger partial charge in [-0.1, -0.05) is 150 Å². The highest BCUT2D eigenvalue weighted by atomic mass is 14.2. The molecule has 0 fully saturated rings. The summed E-state index contributed by atoms with van der Waals surface area (Å²) < 4.78 is 0. The van der Waals surface area contributed by atoms with Gasteiger partial charge in [-0.05, 0) is 22.3 Å². The number of allylic oxidation sites excluding steroid dienone is 7. The van der Waals surface area contributed by atoms with E-state index in [9.17, 15) is 0 Å². The van der Waals surface area contributed by atoms with E-state index in [2.05, 4.69) is 99.5 Å². The molecule has 0 amide bonds. The second kappa shape index (κ2) is 7.63. The van der Waals surface area contributed by atoms with E-state index in [1.165, 1.54) is 55.1 Å². The van der Waals surface area contributed by atoms with E-state index in [1.807, 2.05) is 18.2 Å². The molecule has 0 saturated carbocycles. The van der Waals surface area contributed by atoms with Crippen LogP contribution in [0.15, 0.2) is 122 Å². The van der Waals surface area contributed by atoms with E-state index in [0.717, 1.165) is 0 Å². The Morgan fingerprint density at radius 3 is 1.61 bits per heavy atom. The predicted octanol–water partition coefficient (Wildman–Crippen LogP) is 4.10. The van der Waals surface area contributed by atoms with E-state index in [0.29, 0.717) is 0 Å². The fourth-order valence-corrected chi connectivity index (χ4v) is 5.46. The summed E-state index contributed by atoms with van der Waals surface area (Å²) in [6.45, 7) is 15.0. The molecular weight excluding hydrogens is 370 g/mol. The second-order valence-corrected chi connectivity index (χ2v) is 8.29. The first kappa shape index (κ1) is 19.5. The molecule has 0 nitrogen and oxygen atoms in total. The van der Waals surface area contributed by atoms with Crippen molar-refractivity contribution in [2.75, 3.05) is 0 Å². The third kappa shape index (κ3) is 2.86. The predicted molar refractivity (Wildman–Crippen MR) is 139 cm³/mol. The average molecular weight is 394 g/mol. The zero-order chi connectivity index (χ0) is 21.5. The Balaban J connectivity index is 1.59. The van der Waals surface area contributed by atoms with Gasteiger partial charge in [-0.3, -0.25) is 0 Å². The number of hydrogen-bond acceptors (Lipinski definition) is 0. The van der Waals surface area contributed by atoms with Crippen LogP contribution in [0.2, 0.25) is 0 Å². The molecule has 0 saturated heterocycles. The fourth-order valence-electron chi connectivity index (χ4n) is 5.46. The third-order valence-electron chi connectivity index (χ3n) is 6.84. The van der Waals surface area contributed by atoms with Gasteiger partial charge in [-0.25, -0.2) is 0 Å². The van der Waals surface area contributed by atoms with E-state index < -0.39 is 0 Å². The van der Waals surface area contributed by atoms with Crippen molar-refractivity contribution in [1.82, 2.24) is 0 Å². The Kier molecular flexibility index (Phi) is 4.79. The lowest BCUT2D eigenvalue weighted by Gasteiger charge is -2.15. The largest absolute Gasteiger partial charge is 0.242 e. The van der Waals surface area contributed by atoms with Gasteiger partial charge < -0.3 is 0 Å². The fraction of sp³-hybridized carbons (Fsp3) is 0.0345. The van der Waals surface area contributed by atoms with Crippen molar-refractivity contribution in [1.29, 1.82) is 0 Å². The summed E-state index contributed by atoms with van der Waals surface area (Å²) in [5.74, 6) is 0. The summed E-state index contributed by atoms with van der Waals surface area (Å²) in [6, 6.07) is 26.5. The quantitative estimate of drug-likeness (QED) is 0.572. The minimum absolute atomic E-state index is 0.201. The van der Waals surface area contributed by atoms with Crippen LogP contribution < -0.4 is 21.9 Å². The van der Waals surface area contributed by atoms with Gasteiger partial charge in [0.1, 0.15) is 0 Å². The lowest BCUT2D eigenvalue weighted by atomic mass is 9.36. The summed E-state index contributed by atoms with van der Waals surface area (Å²) in [5, 5.41) is 0. The van der Waals surface area contributed by atoms with Crippen molar-refractivity contribution in [3.8, 4) is 0 Å². The molecule has 0 aliphatic carbocycles. The van der Waals surface area contributed by atoms with Crippen molar-refractivity contribution in [3.05, 3.63) is 133 Å². The summed E-state index contributed by atoms with van der Waals surface area (Å²) in [4.78, 5) is 0. The molecule has 2 aliphatic rings. The molecule has 0 bridgehead atoms. The van der Waals surface area contributed by atoms with Crippen LogP contribution in [0.25, 0.3) is 11.1 Å². The zero-order valence-electron chi connectivity index (χ0n) is 17.9. The van der Waals surface area contributed by atoms with E-state index in [-0.39, 0.29) is 13.4 Å². The maximum absolute atomic E-state index is 4.11. The van der Waals surface area contributed by atoms with Gasteiger partial charge in [-0.15, -0.1) is 0 Å². The minimum atomic E-state index is 0.201. The molecule has 0 N–H and O–H groups in total. The molecule has 2 heterocycles. The lowest BCUT2D eigenvalue weighted by Crippen LogP contribution is -2.45. The molecule has 2 heteroatoms. The number of fused-ring (bicyclic) bond motifs is 2. The Bertz CT molecular complexity index is 1290. The standard InChI is InChI=1S/C29H24B2/c1-5-23-20(4)30(28-14-10-8-12-25(23)28)21-16-18-22(19-17-21)31-27(7-3)24(6-2)26-13-9-11-15-29(26)31/h5-19H,1-3H2,4H3. The van der Waals surface area contributed by atoms with E-state index >= 15 is 0 Å². The minimum Gasteiger partial charge on any atom is -0.0995 e. The summed E-state index contributed by atoms with van der Waals surface area (Å²) >= 11 is 0. The Hall–Kier alpha value is -3.51. The van der Waals surface area contributed by atoms with E-state index in [4.69, 9.17) is 0 Å². The van der Waals surface area contributed by atoms with Crippen LogP contribution in [0.1, 0.15) is 18.1 Å². The molecule has 0 radical (unpaired) electrons. The van der Waals surface area contributed by atoms with Gasteiger partial charge in [-0.2, -0.15) is 0 Å². The van der Waals surface area contributed by atoms with Crippen LogP contribution in [-0.4, -0.2) is 13.4 Å². The van der Waals surface area contributed by atoms with Crippen molar-refractivity contribution < 1.29 is 0 Å². The molecule has 0 aromatic heterocycles. The Morgan fingerprint density at radius 2 is 1.06 bits per heavy atom. The van der Waals surface area contributed by atoms with E-state index in [1.54, 1.807) is 0 Å². The summed E-state index contributed by atoms with van der Waals surface area (Å²) in [7, 11) is 0. The molecule has 0 atom stereocenters. The number of rotatable bonds is 5. The molecule has 3 aromatic rings. The smallest absolute Gasteiger partial charge is 0.0995 e. The first-order valence-electron chi connectivity index (χ1n) is 10.8. The molecule has 0 spiro atoms. The highest BCUT2D eigenvalue weighted by Gasteiger charge is 2.34. The van der Waals surface area contributed by atoms with Gasteiger partial charge in [0.25, 0.3) is 0 Å². The maximum Gasteiger partial charge on any atom is 0.242 e. The van der Waals surface area contributed by atoms with Crippen LogP contribution in [-0.2, 0) is 0 Å². The van der Waals surface area contributed by atoms with Gasteiger partial charge >= 0.3 is 0 Å². The normalized spacial score (nSPS) is 14.6. The van der Waals surface area contributed by atoms with Gasteiger partial charge in [0.05, 0.1) is 0 Å². The highest BCUT2D eigenvalue weighted by molar-refractivity contribution is 6.95. The topological polar surface area (TPSA) is 0 Å². The molecular formula is C29H24B2. The Labute approximate surface area is 186 Å². The number of benzene rings is 3. The van der Waals surface area contributed by atoms with Crippen LogP contribution in [0.3, 0.4) is 0 Å². The Morgan fingerprint density at radius 1 is 0.581 bits per heavy atom.